The molecule has 1 aliphatic rings. The number of pyridine rings is 1. The first-order valence-corrected chi connectivity index (χ1v) is 8.48. The lowest BCUT2D eigenvalue weighted by Gasteiger charge is -2.36. The Morgan fingerprint density at radius 3 is 2.67 bits per heavy atom. The number of furan rings is 1. The van der Waals surface area contributed by atoms with Gasteiger partial charge in [-0.05, 0) is 23.8 Å². The number of guanidine groups is 1. The molecule has 1 N–H and O–H groups in total. The lowest BCUT2D eigenvalue weighted by molar-refractivity contribution is 0.0657. The molecule has 1 fully saturated rings. The van der Waals surface area contributed by atoms with E-state index >= 15 is 0 Å². The fourth-order valence-corrected chi connectivity index (χ4v) is 2.86. The van der Waals surface area contributed by atoms with E-state index in [4.69, 9.17) is 9.15 Å². The van der Waals surface area contributed by atoms with Crippen LogP contribution in [0.2, 0.25) is 0 Å². The highest BCUT2D eigenvalue weighted by molar-refractivity contribution is 14.0. The van der Waals surface area contributed by atoms with Crippen molar-refractivity contribution >= 4 is 35.8 Å². The maximum absolute atomic E-state index is 12.3. The van der Waals surface area contributed by atoms with Gasteiger partial charge in [0.15, 0.2) is 11.7 Å². The standard InChI is InChI=1S/C18H23N5O3.HI/c1-19-18(21-13-14-5-6-20-16(12-14)25-2)23-9-7-22(8-10-23)17(24)15-4-3-11-26-15;/h3-6,11-12H,7-10,13H2,1-2H3,(H,19,21);1H. The summed E-state index contributed by atoms with van der Waals surface area (Å²) in [4.78, 5) is 24.7. The van der Waals surface area contributed by atoms with Gasteiger partial charge in [0.2, 0.25) is 5.88 Å². The molecule has 9 heteroatoms. The summed E-state index contributed by atoms with van der Waals surface area (Å²) in [5, 5.41) is 3.35. The smallest absolute Gasteiger partial charge is 0.289 e. The fraction of sp³-hybridized carbons (Fsp3) is 0.389. The number of hydrogen-bond donors (Lipinski definition) is 1. The Hall–Kier alpha value is -2.30. The van der Waals surface area contributed by atoms with Crippen molar-refractivity contribution in [2.75, 3.05) is 40.3 Å². The monoisotopic (exact) mass is 485 g/mol. The lowest BCUT2D eigenvalue weighted by Crippen LogP contribution is -2.53. The molecular formula is C18H24IN5O3. The van der Waals surface area contributed by atoms with E-state index in [1.165, 1.54) is 6.26 Å². The summed E-state index contributed by atoms with van der Waals surface area (Å²) in [5.74, 6) is 1.71. The topological polar surface area (TPSA) is 83.2 Å². The second-order valence-electron chi connectivity index (χ2n) is 5.86. The maximum Gasteiger partial charge on any atom is 0.289 e. The van der Waals surface area contributed by atoms with Crippen LogP contribution >= 0.6 is 24.0 Å². The number of nitrogens with one attached hydrogen (secondary N) is 1. The highest BCUT2D eigenvalue weighted by atomic mass is 127. The largest absolute Gasteiger partial charge is 0.481 e. The molecule has 2 aromatic rings. The fourth-order valence-electron chi connectivity index (χ4n) is 2.86. The summed E-state index contributed by atoms with van der Waals surface area (Å²) in [5.41, 5.74) is 1.06. The van der Waals surface area contributed by atoms with Crippen molar-refractivity contribution < 1.29 is 13.9 Å². The summed E-state index contributed by atoms with van der Waals surface area (Å²) in [6.07, 6.45) is 3.24. The van der Waals surface area contributed by atoms with Gasteiger partial charge >= 0.3 is 0 Å². The van der Waals surface area contributed by atoms with Crippen LogP contribution in [0.4, 0.5) is 0 Å². The normalized spacial score (nSPS) is 14.5. The molecular weight excluding hydrogens is 461 g/mol. The molecule has 0 bridgehead atoms. The molecule has 3 heterocycles. The van der Waals surface area contributed by atoms with Crippen LogP contribution in [0, 0.1) is 0 Å². The first-order valence-electron chi connectivity index (χ1n) is 8.48. The predicted molar refractivity (Wildman–Crippen MR) is 113 cm³/mol. The minimum atomic E-state index is -0.0681. The number of halogens is 1. The number of aliphatic imine (C=N–C) groups is 1. The summed E-state index contributed by atoms with van der Waals surface area (Å²) < 4.78 is 10.3. The number of amides is 1. The second-order valence-corrected chi connectivity index (χ2v) is 5.86. The Morgan fingerprint density at radius 2 is 2.04 bits per heavy atom. The Kier molecular flexibility index (Phi) is 7.89. The molecule has 0 spiro atoms. The number of hydrogen-bond acceptors (Lipinski definition) is 5. The zero-order valence-electron chi connectivity index (χ0n) is 15.4. The zero-order chi connectivity index (χ0) is 18.4. The summed E-state index contributed by atoms with van der Waals surface area (Å²) in [7, 11) is 3.36. The van der Waals surface area contributed by atoms with Gasteiger partial charge in [-0.2, -0.15) is 0 Å². The van der Waals surface area contributed by atoms with Crippen LogP contribution < -0.4 is 10.1 Å². The van der Waals surface area contributed by atoms with Crippen LogP contribution in [0.25, 0.3) is 0 Å². The predicted octanol–water partition coefficient (Wildman–Crippen LogP) is 1.83. The first-order chi connectivity index (χ1) is 12.7. The highest BCUT2D eigenvalue weighted by Gasteiger charge is 2.25. The van der Waals surface area contributed by atoms with E-state index in [-0.39, 0.29) is 29.9 Å². The van der Waals surface area contributed by atoms with Gasteiger partial charge in [0.1, 0.15) is 0 Å². The van der Waals surface area contributed by atoms with Crippen LogP contribution in [0.15, 0.2) is 46.1 Å². The number of methoxy groups -OCH3 is 1. The summed E-state index contributed by atoms with van der Waals surface area (Å²) in [6, 6.07) is 7.24. The van der Waals surface area contributed by atoms with Crippen molar-refractivity contribution in [3.8, 4) is 5.88 Å². The van der Waals surface area contributed by atoms with Gasteiger partial charge in [-0.15, -0.1) is 24.0 Å². The van der Waals surface area contributed by atoms with E-state index in [0.717, 1.165) is 11.5 Å². The SMILES string of the molecule is CN=C(NCc1ccnc(OC)c1)N1CCN(C(=O)c2ccco2)CC1.I. The van der Waals surface area contributed by atoms with Crippen molar-refractivity contribution in [3.05, 3.63) is 48.0 Å². The molecule has 3 rings (SSSR count). The minimum absolute atomic E-state index is 0. The number of ether oxygens (including phenoxy) is 1. The molecule has 1 aliphatic heterocycles. The number of aromatic nitrogens is 1. The molecule has 0 aromatic carbocycles. The molecule has 2 aromatic heterocycles. The second kappa shape index (κ2) is 10.1. The third-order valence-electron chi connectivity index (χ3n) is 4.27. The molecule has 0 saturated carbocycles. The summed E-state index contributed by atoms with van der Waals surface area (Å²) in [6.45, 7) is 3.31. The van der Waals surface area contributed by atoms with Crippen molar-refractivity contribution in [3.63, 3.8) is 0 Å². The number of rotatable bonds is 4. The Morgan fingerprint density at radius 1 is 1.30 bits per heavy atom. The number of piperazine rings is 1. The van der Waals surface area contributed by atoms with Crippen molar-refractivity contribution in [2.24, 2.45) is 4.99 Å². The molecule has 0 aliphatic carbocycles. The molecule has 0 radical (unpaired) electrons. The zero-order valence-corrected chi connectivity index (χ0v) is 17.8. The molecule has 0 atom stereocenters. The van der Waals surface area contributed by atoms with Crippen molar-refractivity contribution in [2.45, 2.75) is 6.54 Å². The van der Waals surface area contributed by atoms with Crippen LogP contribution in [-0.4, -0.2) is 67.0 Å². The van der Waals surface area contributed by atoms with Crippen LogP contribution in [0.5, 0.6) is 5.88 Å². The van der Waals surface area contributed by atoms with E-state index < -0.39 is 0 Å². The highest BCUT2D eigenvalue weighted by Crippen LogP contribution is 2.11. The van der Waals surface area contributed by atoms with Gasteiger partial charge in [0.05, 0.1) is 13.4 Å². The minimum Gasteiger partial charge on any atom is -0.481 e. The molecule has 0 unspecified atom stereocenters. The van der Waals surface area contributed by atoms with E-state index in [9.17, 15) is 4.79 Å². The third kappa shape index (κ3) is 5.34. The van der Waals surface area contributed by atoms with E-state index in [0.29, 0.717) is 44.4 Å². The van der Waals surface area contributed by atoms with Gasteiger partial charge in [-0.3, -0.25) is 9.79 Å². The molecule has 146 valence electrons. The Bertz CT molecular complexity index is 758. The van der Waals surface area contributed by atoms with E-state index in [1.54, 1.807) is 37.4 Å². The van der Waals surface area contributed by atoms with Gasteiger partial charge < -0.3 is 24.3 Å². The van der Waals surface area contributed by atoms with Gasteiger partial charge in [-0.1, -0.05) is 0 Å². The van der Waals surface area contributed by atoms with Crippen LogP contribution in [0.1, 0.15) is 16.1 Å². The molecule has 1 amide bonds. The third-order valence-corrected chi connectivity index (χ3v) is 4.27. The summed E-state index contributed by atoms with van der Waals surface area (Å²) >= 11 is 0. The lowest BCUT2D eigenvalue weighted by atomic mass is 10.2. The molecule has 1 saturated heterocycles. The number of carbonyl (C=O) groups is 1. The van der Waals surface area contributed by atoms with Crippen molar-refractivity contribution in [1.82, 2.24) is 20.1 Å². The maximum atomic E-state index is 12.3. The Labute approximate surface area is 175 Å². The number of nitrogens with zero attached hydrogens (tertiary/aromatic N) is 4. The average molecular weight is 485 g/mol. The average Bonchev–Trinajstić information content (AvgIpc) is 3.23. The van der Waals surface area contributed by atoms with Crippen LogP contribution in [0.3, 0.4) is 0 Å². The molecule has 8 nitrogen and oxygen atoms in total. The van der Waals surface area contributed by atoms with E-state index in [1.807, 2.05) is 12.1 Å². The van der Waals surface area contributed by atoms with Gasteiger partial charge in [-0.25, -0.2) is 4.98 Å². The Balaban J connectivity index is 0.00000261. The number of carbonyl (C=O) groups excluding carboxylic acids is 1. The van der Waals surface area contributed by atoms with Gasteiger partial charge in [0, 0.05) is 52.0 Å². The first kappa shape index (κ1) is 21.0. The van der Waals surface area contributed by atoms with Crippen molar-refractivity contribution in [1.29, 1.82) is 0 Å². The van der Waals surface area contributed by atoms with Crippen LogP contribution in [-0.2, 0) is 6.54 Å². The molecule has 27 heavy (non-hydrogen) atoms. The van der Waals surface area contributed by atoms with Gasteiger partial charge in [0.25, 0.3) is 5.91 Å². The van der Waals surface area contributed by atoms with E-state index in [2.05, 4.69) is 20.2 Å². The quantitative estimate of drug-likeness (QED) is 0.405.